The summed E-state index contributed by atoms with van der Waals surface area (Å²) in [5.41, 5.74) is 13.6. The Morgan fingerprint density at radius 1 is 0.975 bits per heavy atom. The third-order valence-electron chi connectivity index (χ3n) is 7.30. The molecule has 0 amide bonds. The number of aromatic nitrogens is 6. The second-order valence-corrected chi connectivity index (χ2v) is 10.4. The number of rotatable bonds is 6. The Labute approximate surface area is 235 Å². The van der Waals surface area contributed by atoms with Gasteiger partial charge in [-0.2, -0.15) is 5.10 Å². The summed E-state index contributed by atoms with van der Waals surface area (Å²) in [7, 11) is 0. The molecule has 1 saturated heterocycles. The number of hydrogen-bond acceptors (Lipinski definition) is 7. The van der Waals surface area contributed by atoms with Gasteiger partial charge in [0, 0.05) is 36.6 Å². The Balaban J connectivity index is 1.23. The van der Waals surface area contributed by atoms with Crippen molar-refractivity contribution >= 4 is 39.5 Å². The number of fused-ring (bicyclic) bond motifs is 2. The number of halogens is 1. The molecule has 40 heavy (non-hydrogen) atoms. The van der Waals surface area contributed by atoms with Crippen LogP contribution in [0.3, 0.4) is 0 Å². The summed E-state index contributed by atoms with van der Waals surface area (Å²) in [5.74, 6) is 1.23. The number of H-pyrrole nitrogens is 1. The molecule has 0 atom stereocenters. The Kier molecular flexibility index (Phi) is 6.39. The van der Waals surface area contributed by atoms with E-state index in [-0.39, 0.29) is 0 Å². The van der Waals surface area contributed by atoms with Crippen molar-refractivity contribution in [3.8, 4) is 16.9 Å². The fraction of sp³-hybridized carbons (Fsp3) is 0.200. The predicted molar refractivity (Wildman–Crippen MR) is 157 cm³/mol. The van der Waals surface area contributed by atoms with Crippen molar-refractivity contribution in [1.29, 1.82) is 0 Å². The van der Waals surface area contributed by atoms with Crippen LogP contribution in [0.25, 0.3) is 39.0 Å². The first kappa shape index (κ1) is 24.7. The van der Waals surface area contributed by atoms with Crippen molar-refractivity contribution in [3.05, 3.63) is 95.0 Å². The molecule has 0 bridgehead atoms. The lowest BCUT2D eigenvalue weighted by molar-refractivity contribution is 0.0342. The molecule has 0 aliphatic carbocycles. The topological polar surface area (TPSA) is 111 Å². The number of aromatic amines is 1. The van der Waals surface area contributed by atoms with Crippen molar-refractivity contribution in [3.63, 3.8) is 0 Å². The fourth-order valence-corrected chi connectivity index (χ4v) is 5.43. The van der Waals surface area contributed by atoms with Crippen LogP contribution >= 0.6 is 11.6 Å². The van der Waals surface area contributed by atoms with Gasteiger partial charge in [0.05, 0.1) is 35.3 Å². The second kappa shape index (κ2) is 10.3. The molecule has 1 aliphatic rings. The SMILES string of the molecule is Nc1ncnc2c1c(-c1ccc3nc(Cc4ccccc4Cl)[nH]c3c1)nn2-c1ccc(CN2CCOCC2)cc1. The zero-order chi connectivity index (χ0) is 27.1. The molecule has 1 fully saturated rings. The van der Waals surface area contributed by atoms with Crippen LogP contribution in [0, 0.1) is 0 Å². The predicted octanol–water partition coefficient (Wildman–Crippen LogP) is 5.02. The second-order valence-electron chi connectivity index (χ2n) is 9.96. The summed E-state index contributed by atoms with van der Waals surface area (Å²) in [5, 5.41) is 6.43. The van der Waals surface area contributed by atoms with Gasteiger partial charge in [-0.25, -0.2) is 19.6 Å². The molecule has 3 aromatic heterocycles. The van der Waals surface area contributed by atoms with Crippen molar-refractivity contribution < 1.29 is 4.74 Å². The molecule has 6 aromatic rings. The highest BCUT2D eigenvalue weighted by molar-refractivity contribution is 6.31. The molecule has 3 N–H and O–H groups in total. The number of nitrogen functional groups attached to an aromatic ring is 1. The van der Waals surface area contributed by atoms with Gasteiger partial charge in [0.25, 0.3) is 0 Å². The molecule has 0 radical (unpaired) electrons. The summed E-state index contributed by atoms with van der Waals surface area (Å²) in [6.07, 6.45) is 2.09. The standard InChI is InChI=1S/C30H27ClN8O/c31-23-4-2-1-3-20(23)16-26-35-24-10-7-21(15-25(24)36-26)28-27-29(32)33-18-34-30(27)39(37-28)22-8-5-19(6-9-22)17-38-11-13-40-14-12-38/h1-10,15,18H,11-14,16-17H2,(H,35,36)(H2,32,33,34). The van der Waals surface area contributed by atoms with Crippen LogP contribution in [0.15, 0.2) is 73.1 Å². The summed E-state index contributed by atoms with van der Waals surface area (Å²) >= 11 is 6.37. The van der Waals surface area contributed by atoms with Gasteiger partial charge >= 0.3 is 0 Å². The maximum atomic E-state index is 6.38. The van der Waals surface area contributed by atoms with E-state index < -0.39 is 0 Å². The smallest absolute Gasteiger partial charge is 0.169 e. The van der Waals surface area contributed by atoms with Crippen LogP contribution in [0.4, 0.5) is 5.82 Å². The van der Waals surface area contributed by atoms with E-state index >= 15 is 0 Å². The average Bonchev–Trinajstić information content (AvgIpc) is 3.57. The lowest BCUT2D eigenvalue weighted by Gasteiger charge is -2.26. The fourth-order valence-electron chi connectivity index (χ4n) is 5.23. The van der Waals surface area contributed by atoms with E-state index in [1.165, 1.54) is 11.9 Å². The van der Waals surface area contributed by atoms with Crippen molar-refractivity contribution in [2.75, 3.05) is 32.0 Å². The monoisotopic (exact) mass is 550 g/mol. The molecule has 0 unspecified atom stereocenters. The molecule has 1 aliphatic heterocycles. The Morgan fingerprint density at radius 3 is 2.62 bits per heavy atom. The first-order valence-electron chi connectivity index (χ1n) is 13.2. The summed E-state index contributed by atoms with van der Waals surface area (Å²) in [4.78, 5) is 19.4. The molecule has 3 aromatic carbocycles. The lowest BCUT2D eigenvalue weighted by atomic mass is 10.1. The van der Waals surface area contributed by atoms with Gasteiger partial charge < -0.3 is 15.5 Å². The third kappa shape index (κ3) is 4.68. The number of anilines is 1. The van der Waals surface area contributed by atoms with Gasteiger partial charge in [-0.15, -0.1) is 0 Å². The average molecular weight is 551 g/mol. The molecule has 0 saturated carbocycles. The van der Waals surface area contributed by atoms with E-state index in [0.29, 0.717) is 17.9 Å². The summed E-state index contributed by atoms with van der Waals surface area (Å²) in [6, 6.07) is 22.3. The van der Waals surface area contributed by atoms with Gasteiger partial charge in [-0.3, -0.25) is 4.90 Å². The number of ether oxygens (including phenoxy) is 1. The van der Waals surface area contributed by atoms with Crippen LogP contribution in [-0.4, -0.2) is 60.9 Å². The third-order valence-corrected chi connectivity index (χ3v) is 7.67. The van der Waals surface area contributed by atoms with Crippen molar-refractivity contribution in [2.45, 2.75) is 13.0 Å². The first-order chi connectivity index (χ1) is 19.6. The number of nitrogens with one attached hydrogen (secondary N) is 1. The normalized spacial score (nSPS) is 14.3. The highest BCUT2D eigenvalue weighted by Crippen LogP contribution is 2.33. The molecule has 7 rings (SSSR count). The van der Waals surface area contributed by atoms with E-state index in [2.05, 4.69) is 44.1 Å². The summed E-state index contributed by atoms with van der Waals surface area (Å²) < 4.78 is 7.31. The Hall–Kier alpha value is -4.31. The largest absolute Gasteiger partial charge is 0.383 e. The highest BCUT2D eigenvalue weighted by Gasteiger charge is 2.19. The zero-order valence-electron chi connectivity index (χ0n) is 21.7. The minimum Gasteiger partial charge on any atom is -0.383 e. The van der Waals surface area contributed by atoms with Gasteiger partial charge in [0.1, 0.15) is 23.7 Å². The maximum absolute atomic E-state index is 6.38. The van der Waals surface area contributed by atoms with Crippen LogP contribution < -0.4 is 5.73 Å². The van der Waals surface area contributed by atoms with E-state index in [4.69, 9.17) is 32.2 Å². The first-order valence-corrected chi connectivity index (χ1v) is 13.6. The van der Waals surface area contributed by atoms with Crippen LogP contribution in [0.5, 0.6) is 0 Å². The van der Waals surface area contributed by atoms with Crippen molar-refractivity contribution in [1.82, 2.24) is 34.6 Å². The number of benzene rings is 3. The minimum absolute atomic E-state index is 0.388. The molecule has 10 heteroatoms. The molecule has 4 heterocycles. The van der Waals surface area contributed by atoms with Gasteiger partial charge in [0.15, 0.2) is 5.65 Å². The summed E-state index contributed by atoms with van der Waals surface area (Å²) in [6.45, 7) is 4.37. The van der Waals surface area contributed by atoms with Gasteiger partial charge in [-0.05, 0) is 41.5 Å². The van der Waals surface area contributed by atoms with Gasteiger partial charge in [-0.1, -0.05) is 48.0 Å². The number of nitrogens with zero attached hydrogens (tertiary/aromatic N) is 6. The number of morpholine rings is 1. The van der Waals surface area contributed by atoms with Gasteiger partial charge in [0.2, 0.25) is 0 Å². The maximum Gasteiger partial charge on any atom is 0.169 e. The van der Waals surface area contributed by atoms with E-state index in [1.54, 1.807) is 0 Å². The van der Waals surface area contributed by atoms with E-state index in [9.17, 15) is 0 Å². The lowest BCUT2D eigenvalue weighted by Crippen LogP contribution is -2.35. The van der Waals surface area contributed by atoms with Crippen LogP contribution in [-0.2, 0) is 17.7 Å². The van der Waals surface area contributed by atoms with E-state index in [1.807, 2.05) is 47.1 Å². The number of hydrogen-bond donors (Lipinski definition) is 2. The van der Waals surface area contributed by atoms with Crippen LogP contribution in [0.2, 0.25) is 5.02 Å². The van der Waals surface area contributed by atoms with E-state index in [0.717, 1.165) is 82.6 Å². The number of imidazole rings is 1. The molecule has 200 valence electrons. The molecular weight excluding hydrogens is 524 g/mol. The zero-order valence-corrected chi connectivity index (χ0v) is 22.5. The number of nitrogens with two attached hydrogens (primary N) is 1. The van der Waals surface area contributed by atoms with Crippen LogP contribution in [0.1, 0.15) is 17.0 Å². The highest BCUT2D eigenvalue weighted by atomic mass is 35.5. The Morgan fingerprint density at radius 2 is 1.80 bits per heavy atom. The molecular formula is C30H27ClN8O. The Bertz CT molecular complexity index is 1820. The quantitative estimate of drug-likeness (QED) is 0.299. The molecule has 0 spiro atoms. The molecule has 9 nitrogen and oxygen atoms in total. The van der Waals surface area contributed by atoms with Crippen molar-refractivity contribution in [2.24, 2.45) is 0 Å². The minimum atomic E-state index is 0.388.